The zero-order chi connectivity index (χ0) is 12.5. The molecule has 0 aliphatic heterocycles. The highest BCUT2D eigenvalue weighted by molar-refractivity contribution is 5.19. The van der Waals surface area contributed by atoms with Gasteiger partial charge in [-0.25, -0.2) is 0 Å². The van der Waals surface area contributed by atoms with E-state index in [0.29, 0.717) is 6.04 Å². The van der Waals surface area contributed by atoms with Crippen LogP contribution >= 0.6 is 0 Å². The monoisotopic (exact) mass is 236 g/mol. The molecule has 0 aromatic carbocycles. The van der Waals surface area contributed by atoms with Crippen molar-refractivity contribution in [3.8, 4) is 0 Å². The summed E-state index contributed by atoms with van der Waals surface area (Å²) in [6.07, 6.45) is 5.24. The Morgan fingerprint density at radius 3 is 2.94 bits per heavy atom. The Hall–Kier alpha value is -0.930. The molecule has 3 nitrogen and oxygen atoms in total. The van der Waals surface area contributed by atoms with Crippen LogP contribution < -0.4 is 5.32 Å². The number of hydrogen-bond donors (Lipinski definition) is 1. The lowest BCUT2D eigenvalue weighted by molar-refractivity contribution is 0.188. The van der Waals surface area contributed by atoms with Gasteiger partial charge in [0, 0.05) is 31.6 Å². The third kappa shape index (κ3) is 5.29. The number of nitrogens with one attached hydrogen (secondary N) is 1. The van der Waals surface area contributed by atoms with Gasteiger partial charge in [-0.05, 0) is 50.4 Å². The van der Waals surface area contributed by atoms with E-state index >= 15 is 0 Å². The third-order valence-electron chi connectivity index (χ3n) is 2.81. The summed E-state index contributed by atoms with van der Waals surface area (Å²) in [6, 6.07) is 4.69. The molecule has 1 atom stereocenters. The smallest absolute Gasteiger partial charge is 0.0462 e. The molecule has 0 bridgehead atoms. The molecule has 1 unspecified atom stereocenters. The molecular weight excluding hydrogens is 212 g/mol. The first kappa shape index (κ1) is 14.1. The summed E-state index contributed by atoms with van der Waals surface area (Å²) in [5.74, 6) is 0. The van der Waals surface area contributed by atoms with E-state index in [1.54, 1.807) is 7.11 Å². The number of pyridine rings is 1. The molecule has 17 heavy (non-hydrogen) atoms. The molecule has 0 aliphatic carbocycles. The summed E-state index contributed by atoms with van der Waals surface area (Å²) in [6.45, 7) is 6.11. The van der Waals surface area contributed by atoms with Crippen LogP contribution in [-0.2, 0) is 4.74 Å². The number of nitrogens with zero attached hydrogens (tertiary/aromatic N) is 1. The Balaban J connectivity index is 2.60. The van der Waals surface area contributed by atoms with Crippen molar-refractivity contribution in [3.63, 3.8) is 0 Å². The van der Waals surface area contributed by atoms with Crippen LogP contribution in [0.25, 0.3) is 0 Å². The zero-order valence-electron chi connectivity index (χ0n) is 11.2. The molecule has 0 spiro atoms. The second-order valence-electron chi connectivity index (χ2n) is 4.37. The van der Waals surface area contributed by atoms with Gasteiger partial charge in [0.25, 0.3) is 0 Å². The zero-order valence-corrected chi connectivity index (χ0v) is 11.2. The first-order valence-corrected chi connectivity index (χ1v) is 6.42. The Morgan fingerprint density at radius 2 is 2.29 bits per heavy atom. The van der Waals surface area contributed by atoms with Crippen LogP contribution in [0.15, 0.2) is 18.3 Å². The maximum atomic E-state index is 5.12. The second-order valence-corrected chi connectivity index (χ2v) is 4.37. The average molecular weight is 236 g/mol. The van der Waals surface area contributed by atoms with E-state index in [-0.39, 0.29) is 0 Å². The first-order chi connectivity index (χ1) is 8.27. The lowest BCUT2D eigenvalue weighted by Gasteiger charge is -2.19. The van der Waals surface area contributed by atoms with Gasteiger partial charge in [-0.1, -0.05) is 6.92 Å². The summed E-state index contributed by atoms with van der Waals surface area (Å²) in [5.41, 5.74) is 2.42. The summed E-state index contributed by atoms with van der Waals surface area (Å²) in [4.78, 5) is 4.25. The molecule has 1 aromatic rings. The molecular formula is C14H24N2O. The molecule has 0 aliphatic rings. The van der Waals surface area contributed by atoms with Crippen LogP contribution in [0.3, 0.4) is 0 Å². The van der Waals surface area contributed by atoms with E-state index in [2.05, 4.69) is 29.4 Å². The molecule has 1 heterocycles. The number of hydrogen-bond acceptors (Lipinski definition) is 3. The summed E-state index contributed by atoms with van der Waals surface area (Å²) in [5, 5.41) is 3.59. The molecule has 0 amide bonds. The van der Waals surface area contributed by atoms with Crippen LogP contribution in [-0.4, -0.2) is 25.2 Å². The topological polar surface area (TPSA) is 34.1 Å². The van der Waals surface area contributed by atoms with Crippen LogP contribution in [0, 0.1) is 6.92 Å². The minimum Gasteiger partial charge on any atom is -0.385 e. The van der Waals surface area contributed by atoms with Crippen molar-refractivity contribution in [1.29, 1.82) is 0 Å². The Morgan fingerprint density at radius 1 is 1.47 bits per heavy atom. The van der Waals surface area contributed by atoms with Crippen molar-refractivity contribution in [2.24, 2.45) is 0 Å². The maximum Gasteiger partial charge on any atom is 0.0462 e. The largest absolute Gasteiger partial charge is 0.385 e. The number of methoxy groups -OCH3 is 1. The standard InChI is InChI=1S/C14H24N2O/c1-4-8-16-14(6-5-10-17-3)13-7-9-15-12(2)11-13/h7,9,11,14,16H,4-6,8,10H2,1-3H3. The molecule has 1 aromatic heterocycles. The van der Waals surface area contributed by atoms with Gasteiger partial charge in [0.15, 0.2) is 0 Å². The van der Waals surface area contributed by atoms with E-state index in [1.165, 1.54) is 5.56 Å². The van der Waals surface area contributed by atoms with Gasteiger partial charge in [-0.3, -0.25) is 4.98 Å². The van der Waals surface area contributed by atoms with E-state index in [1.807, 2.05) is 13.1 Å². The van der Waals surface area contributed by atoms with Gasteiger partial charge in [0.05, 0.1) is 0 Å². The van der Waals surface area contributed by atoms with Crippen LogP contribution in [0.5, 0.6) is 0 Å². The minimum atomic E-state index is 0.423. The van der Waals surface area contributed by atoms with Crippen LogP contribution in [0.4, 0.5) is 0 Å². The number of rotatable bonds is 8. The molecule has 0 radical (unpaired) electrons. The van der Waals surface area contributed by atoms with E-state index in [9.17, 15) is 0 Å². The van der Waals surface area contributed by atoms with Crippen LogP contribution in [0.1, 0.15) is 43.5 Å². The Kier molecular flexibility index (Phi) is 6.82. The molecule has 0 saturated heterocycles. The van der Waals surface area contributed by atoms with Gasteiger partial charge < -0.3 is 10.1 Å². The number of aromatic nitrogens is 1. The van der Waals surface area contributed by atoms with E-state index in [4.69, 9.17) is 4.74 Å². The number of aryl methyl sites for hydroxylation is 1. The summed E-state index contributed by atoms with van der Waals surface area (Å²) >= 11 is 0. The second kappa shape index (κ2) is 8.20. The van der Waals surface area contributed by atoms with Gasteiger partial charge in [0.2, 0.25) is 0 Å². The van der Waals surface area contributed by atoms with E-state index < -0.39 is 0 Å². The Bertz CT molecular complexity index is 315. The van der Waals surface area contributed by atoms with Gasteiger partial charge >= 0.3 is 0 Å². The highest BCUT2D eigenvalue weighted by Crippen LogP contribution is 2.18. The lowest BCUT2D eigenvalue weighted by atomic mass is 10.0. The van der Waals surface area contributed by atoms with Gasteiger partial charge in [-0.2, -0.15) is 0 Å². The van der Waals surface area contributed by atoms with Crippen LogP contribution in [0.2, 0.25) is 0 Å². The van der Waals surface area contributed by atoms with Gasteiger partial charge in [-0.15, -0.1) is 0 Å². The van der Waals surface area contributed by atoms with Crippen molar-refractivity contribution < 1.29 is 4.74 Å². The molecule has 3 heteroatoms. The first-order valence-electron chi connectivity index (χ1n) is 6.42. The van der Waals surface area contributed by atoms with Gasteiger partial charge in [0.1, 0.15) is 0 Å². The normalized spacial score (nSPS) is 12.6. The minimum absolute atomic E-state index is 0.423. The predicted molar refractivity (Wildman–Crippen MR) is 71.1 cm³/mol. The third-order valence-corrected chi connectivity index (χ3v) is 2.81. The lowest BCUT2D eigenvalue weighted by Crippen LogP contribution is -2.22. The molecule has 96 valence electrons. The SMILES string of the molecule is CCCNC(CCCOC)c1ccnc(C)c1. The average Bonchev–Trinajstić information content (AvgIpc) is 2.33. The predicted octanol–water partition coefficient (Wildman–Crippen LogP) is 2.86. The van der Waals surface area contributed by atoms with Crippen molar-refractivity contribution in [1.82, 2.24) is 10.3 Å². The fourth-order valence-corrected chi connectivity index (χ4v) is 1.92. The van der Waals surface area contributed by atoms with Crippen molar-refractivity contribution >= 4 is 0 Å². The maximum absolute atomic E-state index is 5.12. The van der Waals surface area contributed by atoms with Crippen molar-refractivity contribution in [2.75, 3.05) is 20.3 Å². The quantitative estimate of drug-likeness (QED) is 0.705. The molecule has 1 N–H and O–H groups in total. The van der Waals surface area contributed by atoms with E-state index in [0.717, 1.165) is 38.1 Å². The summed E-state index contributed by atoms with van der Waals surface area (Å²) in [7, 11) is 1.76. The molecule has 0 fully saturated rings. The van der Waals surface area contributed by atoms with Crippen molar-refractivity contribution in [3.05, 3.63) is 29.6 Å². The number of ether oxygens (including phenoxy) is 1. The molecule has 1 rings (SSSR count). The molecule has 0 saturated carbocycles. The summed E-state index contributed by atoms with van der Waals surface area (Å²) < 4.78 is 5.12. The fourth-order valence-electron chi connectivity index (χ4n) is 1.92. The van der Waals surface area contributed by atoms with Crippen molar-refractivity contribution in [2.45, 2.75) is 39.2 Å². The Labute approximate surface area is 105 Å². The highest BCUT2D eigenvalue weighted by Gasteiger charge is 2.10. The fraction of sp³-hybridized carbons (Fsp3) is 0.643. The highest BCUT2D eigenvalue weighted by atomic mass is 16.5.